The second-order valence-corrected chi connectivity index (χ2v) is 4.90. The smallest absolute Gasteiger partial charge is 0.322 e. The number of carbonyl (C=O) groups is 2. The Bertz CT molecular complexity index is 726. The number of carbonyl (C=O) groups excluding carboxylic acids is 2. The molecule has 1 fully saturated rings. The number of amides is 3. The number of hydrogen-bond acceptors (Lipinski definition) is 3. The van der Waals surface area contributed by atoms with Crippen LogP contribution in [-0.2, 0) is 10.3 Å². The second-order valence-electron chi connectivity index (χ2n) is 4.90. The Morgan fingerprint density at radius 3 is 2.50 bits per heavy atom. The Kier molecular flexibility index (Phi) is 2.64. The van der Waals surface area contributed by atoms with Crippen molar-refractivity contribution in [3.05, 3.63) is 42.0 Å². The average molecular weight is 270 g/mol. The molecule has 20 heavy (non-hydrogen) atoms. The SMILES string of the molecule is COc1ccc2ccccc2c1C1(C)NC(=O)NC1=O. The van der Waals surface area contributed by atoms with Gasteiger partial charge in [0.15, 0.2) is 0 Å². The first-order valence-corrected chi connectivity index (χ1v) is 6.26. The van der Waals surface area contributed by atoms with Gasteiger partial charge in [-0.05, 0) is 23.8 Å². The van der Waals surface area contributed by atoms with Gasteiger partial charge in [0.05, 0.1) is 7.11 Å². The summed E-state index contributed by atoms with van der Waals surface area (Å²) in [5.41, 5.74) is -0.468. The van der Waals surface area contributed by atoms with E-state index in [1.807, 2.05) is 30.3 Å². The number of ether oxygens (including phenoxy) is 1. The Labute approximate surface area is 115 Å². The van der Waals surface area contributed by atoms with Crippen LogP contribution >= 0.6 is 0 Å². The van der Waals surface area contributed by atoms with E-state index < -0.39 is 11.6 Å². The first-order valence-electron chi connectivity index (χ1n) is 6.26. The zero-order valence-electron chi connectivity index (χ0n) is 11.2. The second kappa shape index (κ2) is 4.23. The van der Waals surface area contributed by atoms with E-state index in [4.69, 9.17) is 4.74 Å². The number of benzene rings is 2. The molecule has 1 saturated heterocycles. The fourth-order valence-electron chi connectivity index (χ4n) is 2.66. The van der Waals surface area contributed by atoms with Crippen LogP contribution in [0, 0.1) is 0 Å². The molecular weight excluding hydrogens is 256 g/mol. The molecule has 102 valence electrons. The standard InChI is InChI=1S/C15H14N2O3/c1-15(13(18)16-14(19)17-15)12-10-6-4-3-5-9(10)7-8-11(12)20-2/h3-8H,1-2H3,(H2,16,17,18,19). The number of methoxy groups -OCH3 is 1. The normalized spacial score (nSPS) is 21.7. The lowest BCUT2D eigenvalue weighted by atomic mass is 9.87. The lowest BCUT2D eigenvalue weighted by Crippen LogP contribution is -2.41. The predicted molar refractivity (Wildman–Crippen MR) is 74.5 cm³/mol. The molecule has 0 spiro atoms. The van der Waals surface area contributed by atoms with E-state index in [-0.39, 0.29) is 5.91 Å². The van der Waals surface area contributed by atoms with E-state index in [0.717, 1.165) is 10.8 Å². The molecule has 1 atom stereocenters. The van der Waals surface area contributed by atoms with E-state index in [0.29, 0.717) is 11.3 Å². The summed E-state index contributed by atoms with van der Waals surface area (Å²) < 4.78 is 5.38. The predicted octanol–water partition coefficient (Wildman–Crippen LogP) is 1.90. The number of rotatable bonds is 2. The van der Waals surface area contributed by atoms with Crippen molar-refractivity contribution in [3.8, 4) is 5.75 Å². The maximum absolute atomic E-state index is 12.2. The van der Waals surface area contributed by atoms with Crippen molar-refractivity contribution < 1.29 is 14.3 Å². The third-order valence-electron chi connectivity index (χ3n) is 3.66. The number of imide groups is 1. The summed E-state index contributed by atoms with van der Waals surface area (Å²) in [6.07, 6.45) is 0. The van der Waals surface area contributed by atoms with Crippen LogP contribution in [0.4, 0.5) is 4.79 Å². The summed E-state index contributed by atoms with van der Waals surface area (Å²) >= 11 is 0. The Morgan fingerprint density at radius 2 is 1.85 bits per heavy atom. The molecule has 1 heterocycles. The number of urea groups is 1. The van der Waals surface area contributed by atoms with Gasteiger partial charge in [-0.15, -0.1) is 0 Å². The quantitative estimate of drug-likeness (QED) is 0.819. The lowest BCUT2D eigenvalue weighted by Gasteiger charge is -2.25. The van der Waals surface area contributed by atoms with E-state index >= 15 is 0 Å². The van der Waals surface area contributed by atoms with Gasteiger partial charge in [0, 0.05) is 5.56 Å². The van der Waals surface area contributed by atoms with Gasteiger partial charge in [0.2, 0.25) is 0 Å². The van der Waals surface area contributed by atoms with E-state index in [1.54, 1.807) is 20.1 Å². The van der Waals surface area contributed by atoms with Crippen LogP contribution in [0.1, 0.15) is 12.5 Å². The van der Waals surface area contributed by atoms with Gasteiger partial charge < -0.3 is 10.1 Å². The molecule has 0 radical (unpaired) electrons. The van der Waals surface area contributed by atoms with E-state index in [2.05, 4.69) is 10.6 Å². The summed E-state index contributed by atoms with van der Waals surface area (Å²) in [6, 6.07) is 10.9. The van der Waals surface area contributed by atoms with Gasteiger partial charge in [0.25, 0.3) is 5.91 Å². The first-order chi connectivity index (χ1) is 9.56. The van der Waals surface area contributed by atoms with Crippen LogP contribution in [0.15, 0.2) is 36.4 Å². The molecule has 2 aromatic carbocycles. The minimum absolute atomic E-state index is 0.378. The summed E-state index contributed by atoms with van der Waals surface area (Å²) in [5, 5.41) is 6.83. The van der Waals surface area contributed by atoms with Crippen LogP contribution in [0.3, 0.4) is 0 Å². The third-order valence-corrected chi connectivity index (χ3v) is 3.66. The highest BCUT2D eigenvalue weighted by atomic mass is 16.5. The number of hydrogen-bond donors (Lipinski definition) is 2. The van der Waals surface area contributed by atoms with E-state index in [1.165, 1.54) is 0 Å². The molecule has 0 saturated carbocycles. The largest absolute Gasteiger partial charge is 0.496 e. The maximum Gasteiger partial charge on any atom is 0.322 e. The monoisotopic (exact) mass is 270 g/mol. The fourth-order valence-corrected chi connectivity index (χ4v) is 2.66. The van der Waals surface area contributed by atoms with Crippen molar-refractivity contribution >= 4 is 22.7 Å². The summed E-state index contributed by atoms with van der Waals surface area (Å²) in [4.78, 5) is 23.7. The van der Waals surface area contributed by atoms with Gasteiger partial charge in [-0.1, -0.05) is 30.3 Å². The molecule has 3 amide bonds. The van der Waals surface area contributed by atoms with Gasteiger partial charge in [-0.25, -0.2) is 4.79 Å². The molecule has 5 heteroatoms. The van der Waals surface area contributed by atoms with Crippen molar-refractivity contribution in [3.63, 3.8) is 0 Å². The molecule has 0 aromatic heterocycles. The zero-order chi connectivity index (χ0) is 14.3. The molecule has 0 aliphatic carbocycles. The van der Waals surface area contributed by atoms with Crippen LogP contribution < -0.4 is 15.4 Å². The average Bonchev–Trinajstić information content (AvgIpc) is 2.71. The van der Waals surface area contributed by atoms with Gasteiger partial charge in [-0.3, -0.25) is 10.1 Å². The van der Waals surface area contributed by atoms with Crippen molar-refractivity contribution in [1.82, 2.24) is 10.6 Å². The van der Waals surface area contributed by atoms with Crippen molar-refractivity contribution in [2.24, 2.45) is 0 Å². The minimum Gasteiger partial charge on any atom is -0.496 e. The molecule has 5 nitrogen and oxygen atoms in total. The molecule has 0 bridgehead atoms. The summed E-state index contributed by atoms with van der Waals surface area (Å²) in [5.74, 6) is 0.195. The topological polar surface area (TPSA) is 67.4 Å². The molecule has 1 aliphatic heterocycles. The summed E-state index contributed by atoms with van der Waals surface area (Å²) in [6.45, 7) is 1.68. The molecule has 3 rings (SSSR count). The third kappa shape index (κ3) is 1.63. The highest BCUT2D eigenvalue weighted by Crippen LogP contribution is 2.37. The Hall–Kier alpha value is -2.56. The van der Waals surface area contributed by atoms with Crippen molar-refractivity contribution in [2.75, 3.05) is 7.11 Å². The molecule has 1 aliphatic rings. The van der Waals surface area contributed by atoms with Crippen LogP contribution in [0.25, 0.3) is 10.8 Å². The molecular formula is C15H14N2O3. The molecule has 2 N–H and O–H groups in total. The van der Waals surface area contributed by atoms with Gasteiger partial charge in [0.1, 0.15) is 11.3 Å². The van der Waals surface area contributed by atoms with Crippen molar-refractivity contribution in [2.45, 2.75) is 12.5 Å². The Balaban J connectivity index is 2.34. The molecule has 1 unspecified atom stereocenters. The number of nitrogens with one attached hydrogen (secondary N) is 2. The van der Waals surface area contributed by atoms with Gasteiger partial charge >= 0.3 is 6.03 Å². The molecule has 2 aromatic rings. The summed E-state index contributed by atoms with van der Waals surface area (Å²) in [7, 11) is 1.55. The number of fused-ring (bicyclic) bond motifs is 1. The highest BCUT2D eigenvalue weighted by Gasteiger charge is 2.46. The lowest BCUT2D eigenvalue weighted by molar-refractivity contribution is -0.123. The maximum atomic E-state index is 12.2. The highest BCUT2D eigenvalue weighted by molar-refractivity contribution is 6.09. The minimum atomic E-state index is -1.14. The van der Waals surface area contributed by atoms with Crippen LogP contribution in [0.5, 0.6) is 5.75 Å². The van der Waals surface area contributed by atoms with E-state index in [9.17, 15) is 9.59 Å². The first kappa shape index (κ1) is 12.5. The van der Waals surface area contributed by atoms with Crippen LogP contribution in [0.2, 0.25) is 0 Å². The zero-order valence-corrected chi connectivity index (χ0v) is 11.2. The fraction of sp³-hybridized carbons (Fsp3) is 0.200. The Morgan fingerprint density at radius 1 is 1.10 bits per heavy atom. The van der Waals surface area contributed by atoms with Gasteiger partial charge in [-0.2, -0.15) is 0 Å². The van der Waals surface area contributed by atoms with Crippen LogP contribution in [-0.4, -0.2) is 19.0 Å². The van der Waals surface area contributed by atoms with Crippen molar-refractivity contribution in [1.29, 1.82) is 0 Å².